The highest BCUT2D eigenvalue weighted by Gasteiger charge is 2.25. The summed E-state index contributed by atoms with van der Waals surface area (Å²) in [6.45, 7) is -0.106. The molecule has 8 heteroatoms. The van der Waals surface area contributed by atoms with Crippen LogP contribution in [0.25, 0.3) is 0 Å². The van der Waals surface area contributed by atoms with Crippen molar-refractivity contribution in [2.45, 2.75) is 0 Å². The van der Waals surface area contributed by atoms with E-state index in [0.29, 0.717) is 17.3 Å². The monoisotopic (exact) mass is 325 g/mol. The Kier molecular flexibility index (Phi) is 4.37. The molecule has 0 atom stereocenters. The number of carbonyl (C=O) groups excluding carboxylic acids is 2. The third kappa shape index (κ3) is 3.32. The molecule has 2 aromatic rings. The van der Waals surface area contributed by atoms with Gasteiger partial charge in [-0.15, -0.1) is 0 Å². The third-order valence-corrected chi connectivity index (χ3v) is 3.27. The zero-order valence-electron chi connectivity index (χ0n) is 12.9. The molecule has 122 valence electrons. The zero-order chi connectivity index (χ0) is 16.9. The molecular weight excluding hydrogens is 310 g/mol. The predicted octanol–water partition coefficient (Wildman–Crippen LogP) is 0.979. The summed E-state index contributed by atoms with van der Waals surface area (Å²) in [5, 5.41) is 3.96. The maximum atomic E-state index is 12.3. The average Bonchev–Trinajstić information content (AvgIpc) is 2.63. The van der Waals surface area contributed by atoms with Crippen molar-refractivity contribution < 1.29 is 14.3 Å². The van der Waals surface area contributed by atoms with Crippen molar-refractivity contribution in [3.05, 3.63) is 48.7 Å². The SMILES string of the molecule is COc1ccc(NC(=O)C2=NCC(=O)N(c3ccccc3)N2)cn1. The van der Waals surface area contributed by atoms with Gasteiger partial charge in [0.05, 0.1) is 24.7 Å². The highest BCUT2D eigenvalue weighted by Crippen LogP contribution is 2.14. The molecule has 8 nitrogen and oxygen atoms in total. The highest BCUT2D eigenvalue weighted by atomic mass is 16.5. The number of aliphatic imine (C=N–C) groups is 1. The number of ether oxygens (including phenoxy) is 1. The van der Waals surface area contributed by atoms with Gasteiger partial charge in [0.1, 0.15) is 6.54 Å². The smallest absolute Gasteiger partial charge is 0.292 e. The lowest BCUT2D eigenvalue weighted by Gasteiger charge is -2.27. The number of nitrogens with zero attached hydrogens (tertiary/aromatic N) is 3. The molecule has 0 radical (unpaired) electrons. The van der Waals surface area contributed by atoms with E-state index in [-0.39, 0.29) is 18.3 Å². The summed E-state index contributed by atoms with van der Waals surface area (Å²) in [7, 11) is 1.51. The largest absolute Gasteiger partial charge is 0.481 e. The molecule has 3 rings (SSSR count). The van der Waals surface area contributed by atoms with Crippen LogP contribution >= 0.6 is 0 Å². The van der Waals surface area contributed by atoms with Crippen LogP contribution in [0.5, 0.6) is 5.88 Å². The van der Waals surface area contributed by atoms with E-state index < -0.39 is 5.91 Å². The molecule has 1 aliphatic rings. The predicted molar refractivity (Wildman–Crippen MR) is 88.8 cm³/mol. The molecule has 2 amide bonds. The first-order chi connectivity index (χ1) is 11.7. The van der Waals surface area contributed by atoms with E-state index in [1.165, 1.54) is 18.3 Å². The molecule has 24 heavy (non-hydrogen) atoms. The molecule has 2 heterocycles. The standard InChI is InChI=1S/C16H15N5O3/c1-24-13-8-7-11(9-17-13)19-16(23)15-18-10-14(22)21(20-15)12-5-3-2-4-6-12/h2-9H,10H2,1H3,(H,18,20)(H,19,23). The Hall–Kier alpha value is -3.42. The molecule has 0 aliphatic carbocycles. The highest BCUT2D eigenvalue weighted by molar-refractivity contribution is 6.43. The van der Waals surface area contributed by atoms with Gasteiger partial charge in [0.2, 0.25) is 11.7 Å². The molecule has 1 aliphatic heterocycles. The fourth-order valence-electron chi connectivity index (χ4n) is 2.09. The van der Waals surface area contributed by atoms with Gasteiger partial charge in [-0.3, -0.25) is 20.0 Å². The second kappa shape index (κ2) is 6.78. The van der Waals surface area contributed by atoms with Gasteiger partial charge in [-0.25, -0.2) is 9.99 Å². The number of aromatic nitrogens is 1. The molecule has 2 N–H and O–H groups in total. The molecular formula is C16H15N5O3. The molecule has 0 fully saturated rings. The Morgan fingerprint density at radius 2 is 2.04 bits per heavy atom. The topological polar surface area (TPSA) is 95.9 Å². The van der Waals surface area contributed by atoms with Crippen LogP contribution in [-0.4, -0.2) is 36.3 Å². The van der Waals surface area contributed by atoms with E-state index in [0.717, 1.165) is 0 Å². The van der Waals surface area contributed by atoms with Gasteiger partial charge in [0, 0.05) is 6.07 Å². The van der Waals surface area contributed by atoms with E-state index in [1.54, 1.807) is 36.4 Å². The van der Waals surface area contributed by atoms with Crippen LogP contribution in [0, 0.1) is 0 Å². The van der Waals surface area contributed by atoms with Gasteiger partial charge in [-0.05, 0) is 18.2 Å². The number of amidine groups is 1. The molecule has 0 spiro atoms. The number of amides is 2. The van der Waals surface area contributed by atoms with E-state index in [9.17, 15) is 9.59 Å². The summed E-state index contributed by atoms with van der Waals surface area (Å²) in [6, 6.07) is 12.3. The van der Waals surface area contributed by atoms with E-state index in [1.807, 2.05) is 6.07 Å². The van der Waals surface area contributed by atoms with Gasteiger partial charge in [0.15, 0.2) is 0 Å². The van der Waals surface area contributed by atoms with E-state index >= 15 is 0 Å². The number of rotatable bonds is 4. The van der Waals surface area contributed by atoms with Crippen molar-refractivity contribution in [3.8, 4) is 5.88 Å². The van der Waals surface area contributed by atoms with Gasteiger partial charge in [0.25, 0.3) is 11.8 Å². The fraction of sp³-hybridized carbons (Fsp3) is 0.125. The first-order valence-corrected chi connectivity index (χ1v) is 7.18. The summed E-state index contributed by atoms with van der Waals surface area (Å²) < 4.78 is 4.96. The van der Waals surface area contributed by atoms with Gasteiger partial charge >= 0.3 is 0 Å². The Balaban J connectivity index is 1.71. The number of nitrogens with one attached hydrogen (secondary N) is 2. The molecule has 1 aromatic heterocycles. The Labute approximate surface area is 138 Å². The van der Waals surface area contributed by atoms with Gasteiger partial charge in [-0.1, -0.05) is 18.2 Å². The Morgan fingerprint density at radius 3 is 2.71 bits per heavy atom. The second-order valence-corrected chi connectivity index (χ2v) is 4.88. The minimum Gasteiger partial charge on any atom is -0.481 e. The minimum absolute atomic E-state index is 0.0503. The van der Waals surface area contributed by atoms with Crippen LogP contribution < -0.4 is 20.5 Å². The first kappa shape index (κ1) is 15.5. The number of anilines is 2. The Morgan fingerprint density at radius 1 is 1.25 bits per heavy atom. The third-order valence-electron chi connectivity index (χ3n) is 3.27. The van der Waals surface area contributed by atoms with Crippen molar-refractivity contribution in [1.82, 2.24) is 10.4 Å². The van der Waals surface area contributed by atoms with Crippen LogP contribution in [0.3, 0.4) is 0 Å². The van der Waals surface area contributed by atoms with Crippen LogP contribution in [0.4, 0.5) is 11.4 Å². The number of para-hydroxylation sites is 1. The average molecular weight is 325 g/mol. The molecule has 1 aromatic carbocycles. The fourth-order valence-corrected chi connectivity index (χ4v) is 2.09. The lowest BCUT2D eigenvalue weighted by molar-refractivity contribution is -0.118. The lowest BCUT2D eigenvalue weighted by atomic mass is 10.3. The van der Waals surface area contributed by atoms with Crippen LogP contribution in [-0.2, 0) is 9.59 Å². The number of hydrazine groups is 1. The number of pyridine rings is 1. The molecule has 0 bridgehead atoms. The van der Waals surface area contributed by atoms with Crippen molar-refractivity contribution in [2.24, 2.45) is 4.99 Å². The number of benzene rings is 1. The number of methoxy groups -OCH3 is 1. The maximum Gasteiger partial charge on any atom is 0.292 e. The summed E-state index contributed by atoms with van der Waals surface area (Å²) in [6.07, 6.45) is 1.47. The van der Waals surface area contributed by atoms with Crippen LogP contribution in [0.1, 0.15) is 0 Å². The number of hydrogen-bond donors (Lipinski definition) is 2. The molecule has 0 unspecified atom stereocenters. The van der Waals surface area contributed by atoms with Crippen molar-refractivity contribution in [1.29, 1.82) is 0 Å². The zero-order valence-corrected chi connectivity index (χ0v) is 12.9. The van der Waals surface area contributed by atoms with Crippen molar-refractivity contribution >= 4 is 29.0 Å². The van der Waals surface area contributed by atoms with Crippen LogP contribution in [0.15, 0.2) is 53.7 Å². The molecule has 0 saturated heterocycles. The number of carbonyl (C=O) groups is 2. The van der Waals surface area contributed by atoms with Crippen LogP contribution in [0.2, 0.25) is 0 Å². The minimum atomic E-state index is -0.463. The Bertz CT molecular complexity index is 774. The molecule has 0 saturated carbocycles. The summed E-state index contributed by atoms with van der Waals surface area (Å²) in [5.74, 6) is -0.212. The first-order valence-electron chi connectivity index (χ1n) is 7.18. The lowest BCUT2D eigenvalue weighted by Crippen LogP contribution is -2.54. The van der Waals surface area contributed by atoms with E-state index in [4.69, 9.17) is 4.74 Å². The normalized spacial score (nSPS) is 13.8. The maximum absolute atomic E-state index is 12.3. The second-order valence-electron chi connectivity index (χ2n) is 4.88. The van der Waals surface area contributed by atoms with Crippen molar-refractivity contribution in [3.63, 3.8) is 0 Å². The quantitative estimate of drug-likeness (QED) is 0.873. The van der Waals surface area contributed by atoms with Gasteiger partial charge < -0.3 is 10.1 Å². The van der Waals surface area contributed by atoms with Crippen molar-refractivity contribution in [2.75, 3.05) is 24.0 Å². The van der Waals surface area contributed by atoms with Gasteiger partial charge in [-0.2, -0.15) is 0 Å². The van der Waals surface area contributed by atoms with E-state index in [2.05, 4.69) is 20.7 Å². The number of hydrogen-bond acceptors (Lipinski definition) is 6. The summed E-state index contributed by atoms with van der Waals surface area (Å²) >= 11 is 0. The summed E-state index contributed by atoms with van der Waals surface area (Å²) in [5.41, 5.74) is 3.87. The summed E-state index contributed by atoms with van der Waals surface area (Å²) in [4.78, 5) is 32.3.